The van der Waals surface area contributed by atoms with Gasteiger partial charge in [0.2, 0.25) is 0 Å². The first kappa shape index (κ1) is 15.0. The summed E-state index contributed by atoms with van der Waals surface area (Å²) in [5.74, 6) is -0.728. The van der Waals surface area contributed by atoms with Crippen molar-refractivity contribution in [2.75, 3.05) is 0 Å². The minimum absolute atomic E-state index is 0.127. The second-order valence-corrected chi connectivity index (χ2v) is 4.62. The molecule has 0 aliphatic carbocycles. The van der Waals surface area contributed by atoms with Crippen LogP contribution in [0.15, 0.2) is 36.9 Å². The first-order chi connectivity index (χ1) is 8.90. The Kier molecular flexibility index (Phi) is 4.93. The number of hydrogen-bond donors (Lipinski definition) is 2. The maximum Gasteiger partial charge on any atom is 0.165 e. The second-order valence-electron chi connectivity index (χ2n) is 4.62. The van der Waals surface area contributed by atoms with Gasteiger partial charge in [-0.25, -0.2) is 4.39 Å². The van der Waals surface area contributed by atoms with Gasteiger partial charge in [-0.3, -0.25) is 0 Å². The van der Waals surface area contributed by atoms with Crippen LogP contribution in [0.3, 0.4) is 0 Å². The van der Waals surface area contributed by atoms with Crippen molar-refractivity contribution in [2.24, 2.45) is 0 Å². The summed E-state index contributed by atoms with van der Waals surface area (Å²) in [4.78, 5) is 0. The fourth-order valence-corrected chi connectivity index (χ4v) is 1.86. The van der Waals surface area contributed by atoms with Crippen molar-refractivity contribution in [1.82, 2.24) is 0 Å². The second kappa shape index (κ2) is 6.23. The SMILES string of the molecule is C=CC.CC(C)c1cc(O)cc2cc(O)c(F)cc12. The number of benzene rings is 2. The van der Waals surface area contributed by atoms with Crippen molar-refractivity contribution < 1.29 is 14.6 Å². The van der Waals surface area contributed by atoms with Crippen molar-refractivity contribution in [3.8, 4) is 11.5 Å². The number of aromatic hydroxyl groups is 2. The molecule has 0 amide bonds. The molecule has 0 aliphatic rings. The number of allylic oxidation sites excluding steroid dienone is 1. The lowest BCUT2D eigenvalue weighted by molar-refractivity contribution is 0.433. The van der Waals surface area contributed by atoms with E-state index in [0.29, 0.717) is 5.39 Å². The molecule has 0 unspecified atom stereocenters. The lowest BCUT2D eigenvalue weighted by Gasteiger charge is -2.11. The van der Waals surface area contributed by atoms with Gasteiger partial charge in [-0.15, -0.1) is 6.58 Å². The zero-order valence-corrected chi connectivity index (χ0v) is 11.4. The highest BCUT2D eigenvalue weighted by Crippen LogP contribution is 2.33. The summed E-state index contributed by atoms with van der Waals surface area (Å²) in [6.07, 6.45) is 1.75. The first-order valence-corrected chi connectivity index (χ1v) is 6.12. The van der Waals surface area contributed by atoms with Gasteiger partial charge in [-0.1, -0.05) is 19.9 Å². The highest BCUT2D eigenvalue weighted by atomic mass is 19.1. The Morgan fingerprint density at radius 3 is 2.26 bits per heavy atom. The molecular formula is C16H19FO2. The molecule has 0 atom stereocenters. The average molecular weight is 262 g/mol. The average Bonchev–Trinajstić information content (AvgIpc) is 2.31. The number of halogens is 1. The molecule has 0 saturated heterocycles. The third-order valence-electron chi connectivity index (χ3n) is 2.66. The van der Waals surface area contributed by atoms with Gasteiger partial charge in [0.05, 0.1) is 0 Å². The van der Waals surface area contributed by atoms with Gasteiger partial charge in [0, 0.05) is 0 Å². The third kappa shape index (κ3) is 3.47. The van der Waals surface area contributed by atoms with Gasteiger partial charge >= 0.3 is 0 Å². The van der Waals surface area contributed by atoms with Crippen molar-refractivity contribution in [3.63, 3.8) is 0 Å². The molecule has 0 fully saturated rings. The van der Waals surface area contributed by atoms with Gasteiger partial charge in [0.25, 0.3) is 0 Å². The van der Waals surface area contributed by atoms with E-state index in [2.05, 4.69) is 6.58 Å². The number of rotatable bonds is 1. The summed E-state index contributed by atoms with van der Waals surface area (Å²) in [5, 5.41) is 20.2. The quantitative estimate of drug-likeness (QED) is 0.731. The smallest absolute Gasteiger partial charge is 0.165 e. The Morgan fingerprint density at radius 2 is 1.74 bits per heavy atom. The van der Waals surface area contributed by atoms with Crippen LogP contribution in [0.25, 0.3) is 10.8 Å². The van der Waals surface area contributed by atoms with E-state index >= 15 is 0 Å². The summed E-state index contributed by atoms with van der Waals surface area (Å²) in [6.45, 7) is 9.19. The van der Waals surface area contributed by atoms with Gasteiger partial charge < -0.3 is 10.2 Å². The van der Waals surface area contributed by atoms with Crippen LogP contribution in [0.2, 0.25) is 0 Å². The fraction of sp³-hybridized carbons (Fsp3) is 0.250. The lowest BCUT2D eigenvalue weighted by Crippen LogP contribution is -1.90. The van der Waals surface area contributed by atoms with Crippen LogP contribution in [0.5, 0.6) is 11.5 Å². The molecule has 0 bridgehead atoms. The topological polar surface area (TPSA) is 40.5 Å². The highest BCUT2D eigenvalue weighted by Gasteiger charge is 2.10. The third-order valence-corrected chi connectivity index (χ3v) is 2.66. The normalized spacial score (nSPS) is 10.2. The van der Waals surface area contributed by atoms with Crippen LogP contribution >= 0.6 is 0 Å². The number of phenolic OH excluding ortho intramolecular Hbond substituents is 2. The van der Waals surface area contributed by atoms with E-state index in [-0.39, 0.29) is 11.7 Å². The van der Waals surface area contributed by atoms with Crippen LogP contribution < -0.4 is 0 Å². The van der Waals surface area contributed by atoms with Crippen molar-refractivity contribution in [3.05, 3.63) is 48.3 Å². The monoisotopic (exact) mass is 262 g/mol. The molecule has 0 heterocycles. The fourth-order valence-electron chi connectivity index (χ4n) is 1.86. The molecule has 19 heavy (non-hydrogen) atoms. The number of fused-ring (bicyclic) bond motifs is 1. The Labute approximate surface area is 112 Å². The Bertz CT molecular complexity index is 589. The van der Waals surface area contributed by atoms with Crippen molar-refractivity contribution in [1.29, 1.82) is 0 Å². The van der Waals surface area contributed by atoms with Crippen molar-refractivity contribution in [2.45, 2.75) is 26.7 Å². The Morgan fingerprint density at radius 1 is 1.16 bits per heavy atom. The largest absolute Gasteiger partial charge is 0.508 e. The van der Waals surface area contributed by atoms with E-state index in [1.54, 1.807) is 12.1 Å². The van der Waals surface area contributed by atoms with E-state index < -0.39 is 11.6 Å². The molecule has 0 aromatic heterocycles. The highest BCUT2D eigenvalue weighted by molar-refractivity contribution is 5.88. The standard InChI is InChI=1S/C13H13FO2.C3H6/c1-7(2)10-5-9(15)3-8-4-13(16)12(14)6-11(8)10;1-3-2/h3-7,15-16H,1-2H3;3H,1H2,2H3. The molecule has 0 spiro atoms. The van der Waals surface area contributed by atoms with Gasteiger partial charge in [0.1, 0.15) is 5.75 Å². The molecule has 2 nitrogen and oxygen atoms in total. The van der Waals surface area contributed by atoms with E-state index in [9.17, 15) is 14.6 Å². The van der Waals surface area contributed by atoms with Crippen LogP contribution in [0.1, 0.15) is 32.3 Å². The Hall–Kier alpha value is -2.03. The predicted octanol–water partition coefficient (Wildman–Crippen LogP) is 4.71. The van der Waals surface area contributed by atoms with Crippen LogP contribution in [0.4, 0.5) is 4.39 Å². The van der Waals surface area contributed by atoms with E-state index in [4.69, 9.17) is 0 Å². The minimum atomic E-state index is -0.639. The van der Waals surface area contributed by atoms with Crippen LogP contribution in [-0.2, 0) is 0 Å². The molecule has 0 aliphatic heterocycles. The zero-order valence-electron chi connectivity index (χ0n) is 11.4. The van der Waals surface area contributed by atoms with E-state index in [1.165, 1.54) is 18.2 Å². The van der Waals surface area contributed by atoms with Crippen LogP contribution in [-0.4, -0.2) is 10.2 Å². The molecule has 2 N–H and O–H groups in total. The van der Waals surface area contributed by atoms with Crippen molar-refractivity contribution >= 4 is 10.8 Å². The lowest BCUT2D eigenvalue weighted by atomic mass is 9.95. The number of phenols is 2. The van der Waals surface area contributed by atoms with Gasteiger partial charge in [-0.05, 0) is 53.4 Å². The molecule has 0 radical (unpaired) electrons. The molecular weight excluding hydrogens is 243 g/mol. The summed E-state index contributed by atoms with van der Waals surface area (Å²) >= 11 is 0. The van der Waals surface area contributed by atoms with Gasteiger partial charge in [-0.2, -0.15) is 0 Å². The zero-order chi connectivity index (χ0) is 14.6. The summed E-state index contributed by atoms with van der Waals surface area (Å²) in [5.41, 5.74) is 0.869. The van der Waals surface area contributed by atoms with E-state index in [0.717, 1.165) is 10.9 Å². The number of hydrogen-bond acceptors (Lipinski definition) is 2. The van der Waals surface area contributed by atoms with E-state index in [1.807, 2.05) is 20.8 Å². The molecule has 2 rings (SSSR count). The minimum Gasteiger partial charge on any atom is -0.508 e. The molecule has 2 aromatic rings. The molecule has 102 valence electrons. The molecule has 2 aromatic carbocycles. The van der Waals surface area contributed by atoms with Crippen LogP contribution in [0, 0.1) is 5.82 Å². The first-order valence-electron chi connectivity index (χ1n) is 6.12. The molecule has 3 heteroatoms. The predicted molar refractivity (Wildman–Crippen MR) is 77.2 cm³/mol. The summed E-state index contributed by atoms with van der Waals surface area (Å²) in [6, 6.07) is 5.78. The molecule has 0 saturated carbocycles. The van der Waals surface area contributed by atoms with Gasteiger partial charge in [0.15, 0.2) is 11.6 Å². The summed E-state index contributed by atoms with van der Waals surface area (Å²) in [7, 11) is 0. The summed E-state index contributed by atoms with van der Waals surface area (Å²) < 4.78 is 13.3. The maximum atomic E-state index is 13.3. The maximum absolute atomic E-state index is 13.3. The Balaban J connectivity index is 0.000000550.